The third-order valence-corrected chi connectivity index (χ3v) is 6.23. The lowest BCUT2D eigenvalue weighted by molar-refractivity contribution is -0.0421. The minimum atomic E-state index is -0.663. The van der Waals surface area contributed by atoms with E-state index in [-0.39, 0.29) is 6.10 Å². The second kappa shape index (κ2) is 6.99. The van der Waals surface area contributed by atoms with Crippen LogP contribution in [0.4, 0.5) is 0 Å². The van der Waals surface area contributed by atoms with E-state index in [9.17, 15) is 5.11 Å². The van der Waals surface area contributed by atoms with E-state index in [4.69, 9.17) is 28.4 Å². The molecule has 3 aliphatic rings. The van der Waals surface area contributed by atoms with Crippen LogP contribution in [0, 0.1) is 0 Å². The van der Waals surface area contributed by atoms with Gasteiger partial charge in [-0.15, -0.1) is 0 Å². The summed E-state index contributed by atoms with van der Waals surface area (Å²) in [5, 5.41) is 10.6. The van der Waals surface area contributed by atoms with Gasteiger partial charge in [-0.2, -0.15) is 0 Å². The van der Waals surface area contributed by atoms with E-state index in [0.29, 0.717) is 41.8 Å². The molecule has 0 radical (unpaired) electrons. The number of fused-ring (bicyclic) bond motifs is 6. The lowest BCUT2D eigenvalue weighted by atomic mass is 9.86. The smallest absolute Gasteiger partial charge is 0.164 e. The van der Waals surface area contributed by atoms with Crippen molar-refractivity contribution in [1.29, 1.82) is 0 Å². The van der Waals surface area contributed by atoms with Crippen molar-refractivity contribution in [2.24, 2.45) is 0 Å². The number of rotatable bonds is 3. The normalized spacial score (nSPS) is 22.5. The maximum atomic E-state index is 10.6. The zero-order valence-corrected chi connectivity index (χ0v) is 18.3. The Balaban J connectivity index is 1.70. The Labute approximate surface area is 181 Å². The highest BCUT2D eigenvalue weighted by molar-refractivity contribution is 5.96. The van der Waals surface area contributed by atoms with Gasteiger partial charge in [-0.05, 0) is 32.0 Å². The second-order valence-corrected chi connectivity index (χ2v) is 8.41. The first-order chi connectivity index (χ1) is 14.9. The summed E-state index contributed by atoms with van der Waals surface area (Å²) >= 11 is 0. The summed E-state index contributed by atoms with van der Waals surface area (Å²) < 4.78 is 35.3. The summed E-state index contributed by atoms with van der Waals surface area (Å²) in [5.74, 6) is 3.98. The summed E-state index contributed by atoms with van der Waals surface area (Å²) in [6.45, 7) is 4.09. The quantitative estimate of drug-likeness (QED) is 0.806. The van der Waals surface area contributed by atoms with Gasteiger partial charge in [0.15, 0.2) is 17.6 Å². The average Bonchev–Trinajstić information content (AvgIpc) is 2.77. The zero-order chi connectivity index (χ0) is 21.9. The Kier molecular flexibility index (Phi) is 4.48. The molecule has 7 heteroatoms. The van der Waals surface area contributed by atoms with Crippen LogP contribution >= 0.6 is 0 Å². The van der Waals surface area contributed by atoms with Gasteiger partial charge >= 0.3 is 0 Å². The molecule has 0 saturated carbocycles. The van der Waals surface area contributed by atoms with E-state index in [2.05, 4.69) is 0 Å². The van der Waals surface area contributed by atoms with Crippen LogP contribution in [0.15, 0.2) is 24.3 Å². The van der Waals surface area contributed by atoms with Crippen LogP contribution in [0.3, 0.4) is 0 Å². The number of aliphatic hydroxyl groups excluding tert-OH is 1. The maximum Gasteiger partial charge on any atom is 0.164 e. The summed E-state index contributed by atoms with van der Waals surface area (Å²) in [6.07, 6.45) is -0.578. The molecular formula is C24H26O7. The van der Waals surface area contributed by atoms with Gasteiger partial charge in [0.25, 0.3) is 0 Å². The fraction of sp³-hybridized carbons (Fsp3) is 0.417. The van der Waals surface area contributed by atoms with Gasteiger partial charge in [-0.1, -0.05) is 0 Å². The van der Waals surface area contributed by atoms with Crippen LogP contribution in [-0.4, -0.2) is 50.9 Å². The summed E-state index contributed by atoms with van der Waals surface area (Å²) in [5.41, 5.74) is 2.74. The highest BCUT2D eigenvalue weighted by atomic mass is 16.6. The third kappa shape index (κ3) is 2.91. The molecule has 0 fully saturated rings. The fourth-order valence-electron chi connectivity index (χ4n) is 4.48. The standard InChI is InChI=1S/C24H26O7/c1-24(2)20(25)9-14-15(31-24)7-6-12-22(14)30-19-11-29-16-10-18(27-4)17(26-3)8-13(16)21(19)23(12)28-5/h6-8,10,19-20,25H,9,11H2,1-5H3/t19-,20?/m1/s1. The molecule has 0 saturated heterocycles. The Bertz CT molecular complexity index is 1090. The van der Waals surface area contributed by atoms with Gasteiger partial charge in [-0.3, -0.25) is 0 Å². The molecule has 3 aliphatic heterocycles. The molecule has 7 nitrogen and oxygen atoms in total. The second-order valence-electron chi connectivity index (χ2n) is 8.41. The largest absolute Gasteiger partial charge is 0.496 e. The lowest BCUT2D eigenvalue weighted by Gasteiger charge is -2.40. The molecule has 3 heterocycles. The Morgan fingerprint density at radius 1 is 0.968 bits per heavy atom. The molecule has 0 aliphatic carbocycles. The van der Waals surface area contributed by atoms with Gasteiger partial charge in [0.1, 0.15) is 35.2 Å². The van der Waals surface area contributed by atoms with Crippen molar-refractivity contribution in [1.82, 2.24) is 0 Å². The van der Waals surface area contributed by atoms with Crippen LogP contribution in [0.1, 0.15) is 30.5 Å². The predicted molar refractivity (Wildman–Crippen MR) is 114 cm³/mol. The summed E-state index contributed by atoms with van der Waals surface area (Å²) in [4.78, 5) is 0. The first-order valence-electron chi connectivity index (χ1n) is 10.2. The van der Waals surface area contributed by atoms with Gasteiger partial charge in [0.05, 0.1) is 33.0 Å². The molecule has 1 unspecified atom stereocenters. The van der Waals surface area contributed by atoms with Gasteiger partial charge < -0.3 is 33.5 Å². The molecule has 2 aromatic rings. The SMILES string of the molecule is COC1=C2c3cc(OC)c(OC)cc3OC[C@H]2Oc2c1ccc1c2CC(O)C(C)(C)O1. The summed E-state index contributed by atoms with van der Waals surface area (Å²) in [6, 6.07) is 7.57. The lowest BCUT2D eigenvalue weighted by Crippen LogP contribution is -2.46. The monoisotopic (exact) mass is 426 g/mol. The topological polar surface area (TPSA) is 75.6 Å². The van der Waals surface area contributed by atoms with Gasteiger partial charge in [-0.25, -0.2) is 0 Å². The van der Waals surface area contributed by atoms with Crippen molar-refractivity contribution in [3.05, 3.63) is 41.0 Å². The minimum absolute atomic E-state index is 0.322. The highest BCUT2D eigenvalue weighted by Gasteiger charge is 2.42. The van der Waals surface area contributed by atoms with Crippen molar-refractivity contribution in [3.8, 4) is 28.7 Å². The molecule has 1 N–H and O–H groups in total. The minimum Gasteiger partial charge on any atom is -0.496 e. The van der Waals surface area contributed by atoms with Crippen molar-refractivity contribution in [2.75, 3.05) is 27.9 Å². The maximum absolute atomic E-state index is 10.6. The number of hydrogen-bond acceptors (Lipinski definition) is 7. The number of ether oxygens (including phenoxy) is 6. The van der Waals surface area contributed by atoms with E-state index < -0.39 is 11.7 Å². The molecule has 0 spiro atoms. The van der Waals surface area contributed by atoms with Crippen LogP contribution in [0.2, 0.25) is 0 Å². The van der Waals surface area contributed by atoms with Crippen molar-refractivity contribution in [2.45, 2.75) is 38.1 Å². The highest BCUT2D eigenvalue weighted by Crippen LogP contribution is 2.51. The predicted octanol–water partition coefficient (Wildman–Crippen LogP) is 3.45. The Morgan fingerprint density at radius 3 is 2.42 bits per heavy atom. The van der Waals surface area contributed by atoms with Crippen LogP contribution in [0.5, 0.6) is 28.7 Å². The molecular weight excluding hydrogens is 400 g/mol. The third-order valence-electron chi connectivity index (χ3n) is 6.23. The van der Waals surface area contributed by atoms with Gasteiger partial charge in [0.2, 0.25) is 0 Å². The van der Waals surface area contributed by atoms with Crippen molar-refractivity contribution >= 4 is 11.3 Å². The first-order valence-corrected chi connectivity index (χ1v) is 10.2. The summed E-state index contributed by atoms with van der Waals surface area (Å²) in [7, 11) is 4.84. The molecule has 2 atom stereocenters. The molecule has 2 aromatic carbocycles. The average molecular weight is 426 g/mol. The number of aliphatic hydroxyl groups is 1. The fourth-order valence-corrected chi connectivity index (χ4v) is 4.48. The molecule has 0 bridgehead atoms. The number of methoxy groups -OCH3 is 3. The molecule has 5 rings (SSSR count). The van der Waals surface area contributed by atoms with Crippen molar-refractivity contribution in [3.63, 3.8) is 0 Å². The van der Waals surface area contributed by atoms with Gasteiger partial charge in [0, 0.05) is 29.2 Å². The zero-order valence-electron chi connectivity index (χ0n) is 18.3. The molecule has 0 aromatic heterocycles. The van der Waals surface area contributed by atoms with E-state index >= 15 is 0 Å². The number of hydrogen-bond donors (Lipinski definition) is 1. The first kappa shape index (κ1) is 19.9. The Morgan fingerprint density at radius 2 is 1.71 bits per heavy atom. The van der Waals surface area contributed by atoms with Crippen LogP contribution in [0.25, 0.3) is 11.3 Å². The molecule has 0 amide bonds. The number of benzene rings is 2. The Hall–Kier alpha value is -3.06. The van der Waals surface area contributed by atoms with E-state index in [1.54, 1.807) is 21.3 Å². The van der Waals surface area contributed by atoms with Crippen LogP contribution in [-0.2, 0) is 11.2 Å². The molecule has 164 valence electrons. The van der Waals surface area contributed by atoms with E-state index in [1.807, 2.05) is 38.1 Å². The van der Waals surface area contributed by atoms with E-state index in [0.717, 1.165) is 28.0 Å². The van der Waals surface area contributed by atoms with Crippen molar-refractivity contribution < 1.29 is 33.5 Å². The van der Waals surface area contributed by atoms with E-state index in [1.165, 1.54) is 0 Å². The van der Waals surface area contributed by atoms with Crippen LogP contribution < -0.4 is 23.7 Å². The molecule has 31 heavy (non-hydrogen) atoms.